The summed E-state index contributed by atoms with van der Waals surface area (Å²) < 4.78 is 69.1. The van der Waals surface area contributed by atoms with Gasteiger partial charge in [0.1, 0.15) is 5.60 Å². The average Bonchev–Trinajstić information content (AvgIpc) is 3.36. The van der Waals surface area contributed by atoms with Crippen LogP contribution >= 0.6 is 0 Å². The van der Waals surface area contributed by atoms with Crippen LogP contribution in [0.4, 0.5) is 18.9 Å². The van der Waals surface area contributed by atoms with E-state index in [0.717, 1.165) is 12.1 Å². The molecule has 206 valence electrons. The number of benzene rings is 2. The average molecular weight is 562 g/mol. The standard InChI is InChI=1S/C26H26F3N5O4S/c1-33-16-23(31-17-33)39(37,38)34-11-9-20(10-12-34)25(36,14-18-5-3-2-4-6-18)24(35)32-21-8-7-19(15-30)22(13-21)26(27,28)29/h2-8,13,16-17,20,36H,9-12,14H2,1H3,(H,32,35). The number of hydrogen-bond donors (Lipinski definition) is 2. The molecule has 1 fully saturated rings. The third-order valence-corrected chi connectivity index (χ3v) is 8.61. The summed E-state index contributed by atoms with van der Waals surface area (Å²) in [5.74, 6) is -1.62. The number of nitrogens with one attached hydrogen (secondary N) is 1. The Morgan fingerprint density at radius 2 is 1.85 bits per heavy atom. The molecule has 0 saturated carbocycles. The minimum Gasteiger partial charge on any atom is -0.379 e. The van der Waals surface area contributed by atoms with Gasteiger partial charge in [0.05, 0.1) is 23.5 Å². The molecule has 0 radical (unpaired) electrons. The minimum atomic E-state index is -4.82. The number of aromatic nitrogens is 2. The zero-order chi connectivity index (χ0) is 28.4. The second kappa shape index (κ2) is 10.8. The molecule has 1 atom stereocenters. The molecule has 2 N–H and O–H groups in total. The molecular weight excluding hydrogens is 535 g/mol. The molecule has 13 heteroatoms. The smallest absolute Gasteiger partial charge is 0.379 e. The van der Waals surface area contributed by atoms with Gasteiger partial charge < -0.3 is 15.0 Å². The Balaban J connectivity index is 1.59. The van der Waals surface area contributed by atoms with Crippen molar-refractivity contribution in [3.05, 3.63) is 77.7 Å². The lowest BCUT2D eigenvalue weighted by atomic mass is 9.76. The predicted molar refractivity (Wildman–Crippen MR) is 135 cm³/mol. The van der Waals surface area contributed by atoms with Crippen LogP contribution in [0.1, 0.15) is 29.5 Å². The van der Waals surface area contributed by atoms with Crippen molar-refractivity contribution in [1.29, 1.82) is 5.26 Å². The number of piperidine rings is 1. The van der Waals surface area contributed by atoms with Crippen LogP contribution in [0, 0.1) is 17.2 Å². The topological polar surface area (TPSA) is 128 Å². The summed E-state index contributed by atoms with van der Waals surface area (Å²) in [5, 5.41) is 23.1. The van der Waals surface area contributed by atoms with E-state index in [2.05, 4.69) is 10.3 Å². The van der Waals surface area contributed by atoms with E-state index >= 15 is 0 Å². The molecule has 3 aromatic rings. The van der Waals surface area contributed by atoms with E-state index in [0.29, 0.717) is 11.6 Å². The van der Waals surface area contributed by atoms with Gasteiger partial charge in [-0.2, -0.15) is 22.7 Å². The molecule has 2 heterocycles. The fourth-order valence-corrected chi connectivity index (χ4v) is 6.17. The van der Waals surface area contributed by atoms with E-state index in [1.807, 2.05) is 0 Å². The number of halogens is 3. The summed E-state index contributed by atoms with van der Waals surface area (Å²) in [5.41, 5.74) is -3.47. The maximum atomic E-state index is 13.5. The van der Waals surface area contributed by atoms with E-state index in [9.17, 15) is 31.5 Å². The zero-order valence-electron chi connectivity index (χ0n) is 20.9. The van der Waals surface area contributed by atoms with Crippen molar-refractivity contribution in [1.82, 2.24) is 13.9 Å². The molecular formula is C26H26F3N5O4S. The first kappa shape index (κ1) is 28.3. The van der Waals surface area contributed by atoms with Crippen molar-refractivity contribution in [3.63, 3.8) is 0 Å². The van der Waals surface area contributed by atoms with Crippen molar-refractivity contribution >= 4 is 21.6 Å². The van der Waals surface area contributed by atoms with E-state index in [1.165, 1.54) is 27.5 Å². The Kier molecular flexibility index (Phi) is 7.83. The lowest BCUT2D eigenvalue weighted by Crippen LogP contribution is -2.54. The van der Waals surface area contributed by atoms with Gasteiger partial charge >= 0.3 is 6.18 Å². The molecule has 2 aromatic carbocycles. The molecule has 1 saturated heterocycles. The Morgan fingerprint density at radius 1 is 1.18 bits per heavy atom. The number of anilines is 1. The summed E-state index contributed by atoms with van der Waals surface area (Å²) in [6, 6.07) is 12.9. The van der Waals surface area contributed by atoms with Crippen LogP contribution < -0.4 is 5.32 Å². The van der Waals surface area contributed by atoms with Gasteiger partial charge in [-0.25, -0.2) is 13.4 Å². The summed E-state index contributed by atoms with van der Waals surface area (Å²) in [6.45, 7) is 0.0338. The van der Waals surface area contributed by atoms with Crippen LogP contribution in [-0.4, -0.2) is 52.0 Å². The molecule has 1 unspecified atom stereocenters. The molecule has 4 rings (SSSR count). The first-order valence-corrected chi connectivity index (χ1v) is 13.5. The fourth-order valence-electron chi connectivity index (χ4n) is 4.74. The van der Waals surface area contributed by atoms with Gasteiger partial charge in [-0.05, 0) is 42.5 Å². The second-order valence-corrected chi connectivity index (χ2v) is 11.4. The van der Waals surface area contributed by atoms with E-state index in [4.69, 9.17) is 5.26 Å². The summed E-state index contributed by atoms with van der Waals surface area (Å²) in [6.07, 6.45) is -1.95. The fraction of sp³-hybridized carbons (Fsp3) is 0.346. The number of imidazole rings is 1. The number of amides is 1. The molecule has 9 nitrogen and oxygen atoms in total. The third-order valence-electron chi connectivity index (χ3n) is 6.83. The van der Waals surface area contributed by atoms with Crippen LogP contribution in [0.2, 0.25) is 0 Å². The highest BCUT2D eigenvalue weighted by Crippen LogP contribution is 2.36. The van der Waals surface area contributed by atoms with E-state index < -0.39 is 44.8 Å². The molecule has 0 spiro atoms. The first-order valence-electron chi connectivity index (χ1n) is 12.0. The second-order valence-electron chi connectivity index (χ2n) is 9.47. The van der Waals surface area contributed by atoms with E-state index in [1.54, 1.807) is 37.4 Å². The van der Waals surface area contributed by atoms with Crippen molar-refractivity contribution in [3.8, 4) is 6.07 Å². The number of sulfonamides is 1. The molecule has 1 aromatic heterocycles. The number of aryl methyl sites for hydroxylation is 1. The van der Waals surface area contributed by atoms with Gasteiger partial charge in [0.25, 0.3) is 15.9 Å². The summed E-state index contributed by atoms with van der Waals surface area (Å²) >= 11 is 0. The maximum Gasteiger partial charge on any atom is 0.417 e. The summed E-state index contributed by atoms with van der Waals surface area (Å²) in [4.78, 5) is 17.4. The van der Waals surface area contributed by atoms with Crippen LogP contribution in [0.15, 0.2) is 66.1 Å². The third kappa shape index (κ3) is 5.98. The number of alkyl halides is 3. The SMILES string of the molecule is Cn1cnc(S(=O)(=O)N2CCC(C(O)(Cc3ccccc3)C(=O)Nc3ccc(C#N)c(C(F)(F)F)c3)CC2)c1. The Morgan fingerprint density at radius 3 is 2.41 bits per heavy atom. The normalized spacial score (nSPS) is 16.8. The van der Waals surface area contributed by atoms with Crippen LogP contribution in [0.25, 0.3) is 0 Å². The lowest BCUT2D eigenvalue weighted by Gasteiger charge is -2.40. The number of nitriles is 1. The molecule has 0 aliphatic carbocycles. The number of carbonyl (C=O) groups is 1. The number of carbonyl (C=O) groups excluding carboxylic acids is 1. The lowest BCUT2D eigenvalue weighted by molar-refractivity contribution is -0.142. The van der Waals surface area contributed by atoms with Crippen LogP contribution in [0.5, 0.6) is 0 Å². The predicted octanol–water partition coefficient (Wildman–Crippen LogP) is 3.32. The van der Waals surface area contributed by atoms with Gasteiger partial charge in [0.2, 0.25) is 0 Å². The highest BCUT2D eigenvalue weighted by Gasteiger charge is 2.46. The van der Waals surface area contributed by atoms with Gasteiger partial charge in [0.15, 0.2) is 5.03 Å². The van der Waals surface area contributed by atoms with Gasteiger partial charge in [-0.3, -0.25) is 4.79 Å². The van der Waals surface area contributed by atoms with Gasteiger partial charge in [-0.15, -0.1) is 0 Å². The van der Waals surface area contributed by atoms with Gasteiger partial charge in [0, 0.05) is 38.4 Å². The Hall–Kier alpha value is -3.73. The van der Waals surface area contributed by atoms with Crippen LogP contribution in [0.3, 0.4) is 0 Å². The van der Waals surface area contributed by atoms with Gasteiger partial charge in [-0.1, -0.05) is 30.3 Å². The molecule has 1 aliphatic heterocycles. The number of rotatable bonds is 7. The van der Waals surface area contributed by atoms with E-state index in [-0.39, 0.29) is 43.1 Å². The van der Waals surface area contributed by atoms with Crippen molar-refractivity contribution < 1.29 is 31.5 Å². The van der Waals surface area contributed by atoms with Crippen molar-refractivity contribution in [2.24, 2.45) is 13.0 Å². The minimum absolute atomic E-state index is 0.0169. The maximum absolute atomic E-state index is 13.5. The number of hydrogen-bond acceptors (Lipinski definition) is 6. The highest BCUT2D eigenvalue weighted by atomic mass is 32.2. The summed E-state index contributed by atoms with van der Waals surface area (Å²) in [7, 11) is -2.23. The molecule has 1 amide bonds. The highest BCUT2D eigenvalue weighted by molar-refractivity contribution is 7.89. The van der Waals surface area contributed by atoms with Crippen molar-refractivity contribution in [2.75, 3.05) is 18.4 Å². The largest absolute Gasteiger partial charge is 0.417 e. The number of nitrogens with zero attached hydrogens (tertiary/aromatic N) is 4. The molecule has 1 aliphatic rings. The molecule has 0 bridgehead atoms. The molecule has 39 heavy (non-hydrogen) atoms. The van der Waals surface area contributed by atoms with Crippen LogP contribution in [-0.2, 0) is 34.5 Å². The zero-order valence-corrected chi connectivity index (χ0v) is 21.7. The monoisotopic (exact) mass is 561 g/mol. The number of aliphatic hydroxyl groups is 1. The Labute approximate surface area is 223 Å². The quantitative estimate of drug-likeness (QED) is 0.456. The van der Waals surface area contributed by atoms with Crippen molar-refractivity contribution in [2.45, 2.75) is 36.1 Å². The first-order chi connectivity index (χ1) is 18.3. The Bertz CT molecular complexity index is 1490.